The molecule has 0 fully saturated rings. The van der Waals surface area contributed by atoms with Gasteiger partial charge in [0.2, 0.25) is 17.2 Å². The predicted octanol–water partition coefficient (Wildman–Crippen LogP) is -21.1. The standard InChI is InChI=1S/C27H32B16ClN5/c28-5-1-2-6(29)10(33)14(37)18(41)22(2)48(21(1)17(40)13(36)9(5)32)26-45-25(44)46-27(47-26)49-23-3(7(30)11(34)15(38)19(23)42)4-8(31)12(35)16(39)20(43)24(4)49/h28-43H2. The Bertz CT molecular complexity index is 2370. The molecule has 3 aromatic heterocycles. The number of hydrogen-bond acceptors (Lipinski definition) is 3. The van der Waals surface area contributed by atoms with E-state index < -0.39 is 0 Å². The van der Waals surface area contributed by atoms with Crippen molar-refractivity contribution in [3.8, 4) is 11.9 Å². The summed E-state index contributed by atoms with van der Waals surface area (Å²) in [6.07, 6.45) is 0. The fraction of sp³-hybridized carbons (Fsp3) is 0. The van der Waals surface area contributed by atoms with Gasteiger partial charge in [-0.1, -0.05) is 65.6 Å². The molecule has 0 aliphatic carbocycles. The van der Waals surface area contributed by atoms with Gasteiger partial charge in [-0.15, -0.1) is 21.9 Å². The number of rotatable bonds is 2. The molecule has 0 amide bonds. The van der Waals surface area contributed by atoms with Gasteiger partial charge in [-0.05, 0) is 33.1 Å². The molecule has 5 nitrogen and oxygen atoms in total. The van der Waals surface area contributed by atoms with Crippen molar-refractivity contribution in [1.82, 2.24) is 24.1 Å². The Hall–Kier alpha value is -3.18. The molecule has 22 heteroatoms. The average Bonchev–Trinajstić information content (AvgIpc) is 3.63. The molecule has 4 aromatic carbocycles. The summed E-state index contributed by atoms with van der Waals surface area (Å²) < 4.78 is 4.56. The lowest BCUT2D eigenvalue weighted by atomic mass is 9.63. The van der Waals surface area contributed by atoms with Gasteiger partial charge >= 0.3 is 0 Å². The van der Waals surface area contributed by atoms with Gasteiger partial charge < -0.3 is 0 Å². The number of nitrogens with zero attached hydrogens (tertiary/aromatic N) is 5. The predicted molar refractivity (Wildman–Crippen MR) is 264 cm³/mol. The lowest BCUT2D eigenvalue weighted by molar-refractivity contribution is 0.890. The molecular weight excluding hydrogens is 603 g/mol. The third kappa shape index (κ3) is 4.39. The van der Waals surface area contributed by atoms with E-state index in [0.29, 0.717) is 11.9 Å². The van der Waals surface area contributed by atoms with Crippen molar-refractivity contribution in [2.24, 2.45) is 0 Å². The molecule has 7 rings (SSSR count). The lowest BCUT2D eigenvalue weighted by Gasteiger charge is -2.18. The highest BCUT2D eigenvalue weighted by atomic mass is 35.5. The molecule has 7 aromatic rings. The van der Waals surface area contributed by atoms with Crippen LogP contribution in [0.2, 0.25) is 5.28 Å². The van der Waals surface area contributed by atoms with Crippen LogP contribution in [0.3, 0.4) is 0 Å². The Morgan fingerprint density at radius 3 is 0.714 bits per heavy atom. The Labute approximate surface area is 308 Å². The van der Waals surface area contributed by atoms with E-state index in [1.54, 1.807) is 0 Å². The van der Waals surface area contributed by atoms with E-state index in [9.17, 15) is 0 Å². The fourth-order valence-corrected chi connectivity index (χ4v) is 8.82. The smallest absolute Gasteiger partial charge is 0.240 e. The zero-order chi connectivity index (χ0) is 35.9. The maximum Gasteiger partial charge on any atom is 0.240 e. The van der Waals surface area contributed by atoms with Gasteiger partial charge in [-0.25, -0.2) is 0 Å². The van der Waals surface area contributed by atoms with Crippen molar-refractivity contribution in [2.45, 2.75) is 0 Å². The van der Waals surface area contributed by atoms with Crippen LogP contribution < -0.4 is 87.4 Å². The molecule has 49 heavy (non-hydrogen) atoms. The van der Waals surface area contributed by atoms with Gasteiger partial charge in [0.05, 0.1) is 0 Å². The maximum atomic E-state index is 7.01. The molecule has 0 unspecified atom stereocenters. The SMILES string of the molecule is Bc1c(B)c(B)c2c(c1B)c1c(B)c(B)c(B)c(B)c1n2-c1nc(Cl)nc(-n2c3c(B)c(B)c(B)c(B)c3c3c(B)c(B)c(B)c(B)c32)n1. The van der Waals surface area contributed by atoms with Gasteiger partial charge in [-0.2, -0.15) is 15.0 Å². The fourth-order valence-electron chi connectivity index (χ4n) is 8.67. The van der Waals surface area contributed by atoms with Gasteiger partial charge in [0.15, 0.2) is 0 Å². The van der Waals surface area contributed by atoms with E-state index in [1.807, 2.05) is 0 Å². The molecule has 0 bridgehead atoms. The Balaban J connectivity index is 1.74. The second kappa shape index (κ2) is 11.4. The van der Waals surface area contributed by atoms with E-state index in [1.165, 1.54) is 109 Å². The molecule has 0 saturated carbocycles. The van der Waals surface area contributed by atoms with Gasteiger partial charge in [0, 0.05) is 22.1 Å². The second-order valence-electron chi connectivity index (χ2n) is 14.8. The average molecular weight is 635 g/mol. The first-order valence-electron chi connectivity index (χ1n) is 17.4. The van der Waals surface area contributed by atoms with Crippen LogP contribution in [-0.4, -0.2) is 150 Å². The summed E-state index contributed by atoms with van der Waals surface area (Å²) in [6, 6.07) is 0. The topological polar surface area (TPSA) is 48.5 Å². The zero-order valence-electron chi connectivity index (χ0n) is 32.1. The van der Waals surface area contributed by atoms with Gasteiger partial charge in [0.25, 0.3) is 0 Å². The molecule has 0 atom stereocenters. The monoisotopic (exact) mass is 637 g/mol. The molecule has 0 saturated heterocycles. The minimum atomic E-state index is 0.179. The summed E-state index contributed by atoms with van der Waals surface area (Å²) in [5.74, 6) is 1.08. The van der Waals surface area contributed by atoms with Crippen LogP contribution in [0.25, 0.3) is 55.5 Å². The van der Waals surface area contributed by atoms with Gasteiger partial charge in [-0.3, -0.25) is 9.13 Å². The molecule has 3 heterocycles. The quantitative estimate of drug-likeness (QED) is 0.178. The van der Waals surface area contributed by atoms with Crippen molar-refractivity contribution in [2.75, 3.05) is 0 Å². The van der Waals surface area contributed by atoms with Gasteiger partial charge in [0.1, 0.15) is 126 Å². The van der Waals surface area contributed by atoms with E-state index in [4.69, 9.17) is 26.6 Å². The molecular formula is C27H32B16ClN5. The van der Waals surface area contributed by atoms with Crippen molar-refractivity contribution in [1.29, 1.82) is 0 Å². The molecule has 0 aliphatic rings. The summed E-state index contributed by atoms with van der Waals surface area (Å²) >= 11 is 7.01. The Kier molecular flexibility index (Phi) is 7.99. The number of halogens is 1. The first-order chi connectivity index (χ1) is 22.9. The molecule has 0 radical (unpaired) electrons. The number of benzene rings is 4. The first kappa shape index (κ1) is 34.3. The Morgan fingerprint density at radius 1 is 0.286 bits per heavy atom. The molecule has 0 aliphatic heterocycles. The van der Waals surface area contributed by atoms with Crippen molar-refractivity contribution < 1.29 is 0 Å². The minimum Gasteiger partial charge on any atom is -0.279 e. The van der Waals surface area contributed by atoms with Crippen molar-refractivity contribution in [3.63, 3.8) is 0 Å². The third-order valence-corrected chi connectivity index (χ3v) is 13.2. The second-order valence-corrected chi connectivity index (χ2v) is 15.1. The summed E-state index contributed by atoms with van der Waals surface area (Å²) in [5.41, 5.74) is 25.1. The number of hydrogen-bond donors (Lipinski definition) is 0. The van der Waals surface area contributed by atoms with E-state index >= 15 is 0 Å². The summed E-state index contributed by atoms with van der Waals surface area (Å²) in [6.45, 7) is 0. The van der Waals surface area contributed by atoms with Crippen LogP contribution in [0, 0.1) is 0 Å². The summed E-state index contributed by atoms with van der Waals surface area (Å²) in [7, 11) is 35.8. The van der Waals surface area contributed by atoms with E-state index in [2.05, 4.69) is 135 Å². The highest BCUT2D eigenvalue weighted by Gasteiger charge is 2.27. The molecule has 0 spiro atoms. The normalized spacial score (nSPS) is 11.9. The van der Waals surface area contributed by atoms with Crippen LogP contribution in [0.4, 0.5) is 0 Å². The van der Waals surface area contributed by atoms with Crippen LogP contribution in [0.15, 0.2) is 0 Å². The summed E-state index contributed by atoms with van der Waals surface area (Å²) in [4.78, 5) is 15.3. The first-order valence-corrected chi connectivity index (χ1v) is 17.8. The van der Waals surface area contributed by atoms with Crippen LogP contribution in [0.5, 0.6) is 0 Å². The highest BCUT2D eigenvalue weighted by Crippen LogP contribution is 2.29. The van der Waals surface area contributed by atoms with Crippen molar-refractivity contribution >= 4 is 268 Å². The largest absolute Gasteiger partial charge is 0.279 e. The molecule has 0 N–H and O–H groups in total. The lowest BCUT2D eigenvalue weighted by Crippen LogP contribution is -2.49. The number of fused-ring (bicyclic) bond motifs is 6. The number of aromatic nitrogens is 5. The minimum absolute atomic E-state index is 0.179. The highest BCUT2D eigenvalue weighted by molar-refractivity contribution is 6.73. The zero-order valence-corrected chi connectivity index (χ0v) is 32.9. The van der Waals surface area contributed by atoms with Crippen molar-refractivity contribution in [3.05, 3.63) is 5.28 Å². The van der Waals surface area contributed by atoms with E-state index in [-0.39, 0.29) is 5.28 Å². The maximum absolute atomic E-state index is 7.01. The summed E-state index contributed by atoms with van der Waals surface area (Å²) in [5, 5.41) is 5.25. The molecule has 220 valence electrons. The van der Waals surface area contributed by atoms with E-state index in [0.717, 1.165) is 22.1 Å². The van der Waals surface area contributed by atoms with Crippen LogP contribution >= 0.6 is 11.6 Å². The third-order valence-electron chi connectivity index (χ3n) is 13.0. The van der Waals surface area contributed by atoms with Crippen LogP contribution in [-0.2, 0) is 0 Å². The Morgan fingerprint density at radius 2 is 0.490 bits per heavy atom. The van der Waals surface area contributed by atoms with Crippen LogP contribution in [0.1, 0.15) is 0 Å².